The van der Waals surface area contributed by atoms with Gasteiger partial charge in [-0.2, -0.15) is 0 Å². The van der Waals surface area contributed by atoms with E-state index in [0.717, 1.165) is 5.56 Å². The van der Waals surface area contributed by atoms with Gasteiger partial charge in [0.25, 0.3) is 0 Å². The molecule has 1 fully saturated rings. The van der Waals surface area contributed by atoms with Crippen LogP contribution in [0.1, 0.15) is 44.7 Å². The molecule has 1 heterocycles. The van der Waals surface area contributed by atoms with Crippen LogP contribution in [0.5, 0.6) is 0 Å². The highest BCUT2D eigenvalue weighted by molar-refractivity contribution is 5.86. The van der Waals surface area contributed by atoms with Gasteiger partial charge in [0.2, 0.25) is 5.91 Å². The number of carbonyl (C=O) groups is 1. The molecule has 4 nitrogen and oxygen atoms in total. The number of hydrogen-bond acceptors (Lipinski definition) is 3. The minimum Gasteiger partial charge on any atom is -0.381 e. The largest absolute Gasteiger partial charge is 0.381 e. The van der Waals surface area contributed by atoms with Gasteiger partial charge in [-0.05, 0) is 29.4 Å². The zero-order valence-corrected chi connectivity index (χ0v) is 13.2. The van der Waals surface area contributed by atoms with E-state index >= 15 is 0 Å². The fourth-order valence-electron chi connectivity index (χ4n) is 2.44. The maximum Gasteiger partial charge on any atom is 0.240 e. The van der Waals surface area contributed by atoms with E-state index in [-0.39, 0.29) is 11.3 Å². The highest BCUT2D eigenvalue weighted by Gasteiger charge is 2.35. The summed E-state index contributed by atoms with van der Waals surface area (Å²) in [6.07, 6.45) is 1.17. The Balaban J connectivity index is 1.92. The lowest BCUT2D eigenvalue weighted by atomic mass is 9.86. The van der Waals surface area contributed by atoms with E-state index in [9.17, 15) is 4.79 Å². The Morgan fingerprint density at radius 1 is 1.24 bits per heavy atom. The van der Waals surface area contributed by atoms with E-state index < -0.39 is 5.54 Å². The van der Waals surface area contributed by atoms with Crippen LogP contribution in [0.3, 0.4) is 0 Å². The lowest BCUT2D eigenvalue weighted by Gasteiger charge is -2.31. The first kappa shape index (κ1) is 16.0. The van der Waals surface area contributed by atoms with Crippen molar-refractivity contribution in [2.45, 2.75) is 51.1 Å². The van der Waals surface area contributed by atoms with Gasteiger partial charge >= 0.3 is 0 Å². The third kappa shape index (κ3) is 4.05. The molecule has 1 aromatic carbocycles. The summed E-state index contributed by atoms with van der Waals surface area (Å²) in [6, 6.07) is 8.37. The number of carbonyl (C=O) groups excluding carboxylic acids is 1. The van der Waals surface area contributed by atoms with E-state index in [1.54, 1.807) is 0 Å². The predicted molar refractivity (Wildman–Crippen MR) is 84.0 cm³/mol. The van der Waals surface area contributed by atoms with Crippen molar-refractivity contribution in [3.8, 4) is 0 Å². The third-order valence-corrected chi connectivity index (χ3v) is 4.11. The monoisotopic (exact) mass is 290 g/mol. The van der Waals surface area contributed by atoms with Crippen LogP contribution in [-0.4, -0.2) is 24.7 Å². The molecule has 2 rings (SSSR count). The molecule has 0 radical (unpaired) electrons. The Labute approximate surface area is 127 Å². The fourth-order valence-corrected chi connectivity index (χ4v) is 2.44. The molecule has 0 spiro atoms. The summed E-state index contributed by atoms with van der Waals surface area (Å²) in [5, 5.41) is 2.95. The SMILES string of the molecule is CC(C)(C)c1ccc(CNC(=O)C2(N)CCOCC2)cc1. The van der Waals surface area contributed by atoms with Gasteiger partial charge in [-0.1, -0.05) is 45.0 Å². The van der Waals surface area contributed by atoms with E-state index in [1.807, 2.05) is 0 Å². The number of nitrogens with two attached hydrogens (primary N) is 1. The highest BCUT2D eigenvalue weighted by Crippen LogP contribution is 2.22. The Morgan fingerprint density at radius 3 is 2.33 bits per heavy atom. The van der Waals surface area contributed by atoms with Crippen molar-refractivity contribution >= 4 is 5.91 Å². The van der Waals surface area contributed by atoms with Crippen LogP contribution in [0.15, 0.2) is 24.3 Å². The molecule has 1 saturated heterocycles. The van der Waals surface area contributed by atoms with Gasteiger partial charge in [-0.25, -0.2) is 0 Å². The molecule has 1 aromatic rings. The first-order valence-corrected chi connectivity index (χ1v) is 7.56. The summed E-state index contributed by atoms with van der Waals surface area (Å²) in [7, 11) is 0. The van der Waals surface area contributed by atoms with Crippen LogP contribution in [0, 0.1) is 0 Å². The molecule has 0 unspecified atom stereocenters. The summed E-state index contributed by atoms with van der Waals surface area (Å²) in [5.74, 6) is -0.0781. The minimum atomic E-state index is -0.774. The van der Waals surface area contributed by atoms with Crippen LogP contribution in [0.25, 0.3) is 0 Å². The number of hydrogen-bond donors (Lipinski definition) is 2. The summed E-state index contributed by atoms with van der Waals surface area (Å²) < 4.78 is 5.26. The molecular weight excluding hydrogens is 264 g/mol. The standard InChI is InChI=1S/C17H26N2O2/c1-16(2,3)14-6-4-13(5-7-14)12-19-15(20)17(18)8-10-21-11-9-17/h4-7H,8-12,18H2,1-3H3,(H,19,20). The summed E-state index contributed by atoms with van der Waals surface area (Å²) in [4.78, 5) is 12.2. The smallest absolute Gasteiger partial charge is 0.240 e. The quantitative estimate of drug-likeness (QED) is 0.896. The topological polar surface area (TPSA) is 64.4 Å². The van der Waals surface area contributed by atoms with Gasteiger partial charge in [0.1, 0.15) is 0 Å². The van der Waals surface area contributed by atoms with E-state index in [2.05, 4.69) is 50.4 Å². The molecule has 0 atom stereocenters. The van der Waals surface area contributed by atoms with Gasteiger partial charge in [0.15, 0.2) is 0 Å². The molecule has 3 N–H and O–H groups in total. The molecule has 21 heavy (non-hydrogen) atoms. The summed E-state index contributed by atoms with van der Waals surface area (Å²) >= 11 is 0. The number of ether oxygens (including phenoxy) is 1. The maximum atomic E-state index is 12.2. The molecule has 0 aromatic heterocycles. The van der Waals surface area contributed by atoms with Gasteiger partial charge in [0.05, 0.1) is 5.54 Å². The maximum absolute atomic E-state index is 12.2. The highest BCUT2D eigenvalue weighted by atomic mass is 16.5. The lowest BCUT2D eigenvalue weighted by Crippen LogP contribution is -2.56. The molecule has 1 aliphatic rings. The number of rotatable bonds is 3. The fraction of sp³-hybridized carbons (Fsp3) is 0.588. The Morgan fingerprint density at radius 2 is 1.81 bits per heavy atom. The van der Waals surface area contributed by atoms with Crippen LogP contribution in [0.4, 0.5) is 0 Å². The second-order valence-electron chi connectivity index (χ2n) is 6.90. The van der Waals surface area contributed by atoms with Crippen molar-refractivity contribution in [1.29, 1.82) is 0 Å². The molecule has 4 heteroatoms. The van der Waals surface area contributed by atoms with Crippen LogP contribution in [0.2, 0.25) is 0 Å². The predicted octanol–water partition coefficient (Wildman–Crippen LogP) is 2.11. The van der Waals surface area contributed by atoms with Crippen molar-refractivity contribution in [3.63, 3.8) is 0 Å². The van der Waals surface area contributed by atoms with Gasteiger partial charge in [-0.15, -0.1) is 0 Å². The van der Waals surface area contributed by atoms with Crippen molar-refractivity contribution in [3.05, 3.63) is 35.4 Å². The zero-order chi connectivity index (χ0) is 15.5. The Hall–Kier alpha value is -1.39. The molecule has 1 aliphatic heterocycles. The van der Waals surface area contributed by atoms with E-state index in [4.69, 9.17) is 10.5 Å². The summed E-state index contributed by atoms with van der Waals surface area (Å²) in [5.41, 5.74) is 7.90. The zero-order valence-electron chi connectivity index (χ0n) is 13.2. The lowest BCUT2D eigenvalue weighted by molar-refractivity contribution is -0.129. The number of amides is 1. The first-order chi connectivity index (χ1) is 9.81. The van der Waals surface area contributed by atoms with E-state index in [1.165, 1.54) is 5.56 Å². The molecule has 0 bridgehead atoms. The van der Waals surface area contributed by atoms with Gasteiger partial charge in [-0.3, -0.25) is 4.79 Å². The second-order valence-corrected chi connectivity index (χ2v) is 6.90. The molecule has 0 aliphatic carbocycles. The van der Waals surface area contributed by atoms with Crippen LogP contribution in [-0.2, 0) is 21.5 Å². The van der Waals surface area contributed by atoms with Crippen molar-refractivity contribution in [2.24, 2.45) is 5.73 Å². The van der Waals surface area contributed by atoms with Crippen molar-refractivity contribution < 1.29 is 9.53 Å². The molecule has 116 valence electrons. The average Bonchev–Trinajstić information content (AvgIpc) is 2.45. The number of benzene rings is 1. The second kappa shape index (κ2) is 6.16. The normalized spacial score (nSPS) is 18.3. The number of nitrogens with one attached hydrogen (secondary N) is 1. The van der Waals surface area contributed by atoms with Gasteiger partial charge in [0, 0.05) is 19.8 Å². The van der Waals surface area contributed by atoms with Crippen LogP contribution >= 0.6 is 0 Å². The van der Waals surface area contributed by atoms with Gasteiger partial charge < -0.3 is 15.8 Å². The Kier molecular flexibility index (Phi) is 4.69. The molecule has 1 amide bonds. The van der Waals surface area contributed by atoms with Crippen molar-refractivity contribution in [1.82, 2.24) is 5.32 Å². The molecular formula is C17H26N2O2. The first-order valence-electron chi connectivity index (χ1n) is 7.56. The van der Waals surface area contributed by atoms with Crippen LogP contribution < -0.4 is 11.1 Å². The summed E-state index contributed by atoms with van der Waals surface area (Å²) in [6.45, 7) is 8.20. The average molecular weight is 290 g/mol. The minimum absolute atomic E-state index is 0.0781. The third-order valence-electron chi connectivity index (χ3n) is 4.11. The molecule has 0 saturated carbocycles. The van der Waals surface area contributed by atoms with E-state index in [0.29, 0.717) is 32.6 Å². The van der Waals surface area contributed by atoms with Crippen molar-refractivity contribution in [2.75, 3.05) is 13.2 Å². The Bertz CT molecular complexity index is 483.